The second-order valence-corrected chi connectivity index (χ2v) is 12.9. The third-order valence-electron chi connectivity index (χ3n) is 8.25. The number of aromatic nitrogens is 1. The molecule has 184 valence electrons. The minimum absolute atomic E-state index is 0.0377. The molecule has 2 saturated heterocycles. The molecule has 1 atom stereocenters. The van der Waals surface area contributed by atoms with E-state index in [9.17, 15) is 8.42 Å². The van der Waals surface area contributed by atoms with Crippen LogP contribution in [0, 0.1) is 0 Å². The highest BCUT2D eigenvalue weighted by molar-refractivity contribution is 7.91. The van der Waals surface area contributed by atoms with Crippen LogP contribution >= 0.6 is 0 Å². The summed E-state index contributed by atoms with van der Waals surface area (Å²) in [5.41, 5.74) is 3.66. The largest absolute Gasteiger partial charge is 0.375 e. The Morgan fingerprint density at radius 1 is 1.09 bits per heavy atom. The maximum Gasteiger partial charge on any atom is 0.153 e. The second-order valence-electron chi connectivity index (χ2n) is 10.6. The first-order valence-corrected chi connectivity index (χ1v) is 14.6. The fraction of sp³-hybridized carbons (Fsp3) is 0.593. The molecule has 3 fully saturated rings. The van der Waals surface area contributed by atoms with Crippen molar-refractivity contribution in [1.29, 1.82) is 0 Å². The van der Waals surface area contributed by atoms with Gasteiger partial charge in [-0.25, -0.2) is 8.42 Å². The van der Waals surface area contributed by atoms with E-state index in [0.29, 0.717) is 13.1 Å². The molecule has 2 aliphatic heterocycles. The summed E-state index contributed by atoms with van der Waals surface area (Å²) in [6.45, 7) is 3.67. The predicted molar refractivity (Wildman–Crippen MR) is 136 cm³/mol. The Kier molecular flexibility index (Phi) is 6.70. The van der Waals surface area contributed by atoms with Gasteiger partial charge in [0, 0.05) is 55.5 Å². The van der Waals surface area contributed by atoms with Crippen molar-refractivity contribution in [2.24, 2.45) is 0 Å². The molecule has 1 spiro atoms. The van der Waals surface area contributed by atoms with E-state index < -0.39 is 9.84 Å². The Hall–Kier alpha value is -1.96. The van der Waals surface area contributed by atoms with Crippen LogP contribution in [-0.2, 0) is 26.5 Å². The zero-order valence-electron chi connectivity index (χ0n) is 20.2. The summed E-state index contributed by atoms with van der Waals surface area (Å²) in [4.78, 5) is 6.99. The lowest BCUT2D eigenvalue weighted by Gasteiger charge is -2.46. The summed E-state index contributed by atoms with van der Waals surface area (Å²) in [5.74, 6) is 0. The van der Waals surface area contributed by atoms with Crippen LogP contribution in [0.2, 0.25) is 0 Å². The number of rotatable bonds is 8. The highest BCUT2D eigenvalue weighted by atomic mass is 32.2. The summed E-state index contributed by atoms with van der Waals surface area (Å²) in [5, 5.41) is 3.45. The van der Waals surface area contributed by atoms with Crippen molar-refractivity contribution in [1.82, 2.24) is 10.3 Å². The highest BCUT2D eigenvalue weighted by Gasteiger charge is 2.48. The normalized spacial score (nSPS) is 24.9. The van der Waals surface area contributed by atoms with Crippen molar-refractivity contribution in [2.75, 3.05) is 37.4 Å². The lowest BCUT2D eigenvalue weighted by molar-refractivity contribution is -0.104. The van der Waals surface area contributed by atoms with Gasteiger partial charge >= 0.3 is 0 Å². The molecule has 1 unspecified atom stereocenters. The van der Waals surface area contributed by atoms with Crippen LogP contribution in [-0.4, -0.2) is 56.7 Å². The van der Waals surface area contributed by atoms with E-state index in [2.05, 4.69) is 40.5 Å². The molecule has 0 amide bonds. The fourth-order valence-corrected chi connectivity index (χ4v) is 7.12. The van der Waals surface area contributed by atoms with Crippen LogP contribution < -0.4 is 10.2 Å². The minimum atomic E-state index is -2.97. The van der Waals surface area contributed by atoms with Crippen LogP contribution in [0.3, 0.4) is 0 Å². The topological polar surface area (TPSA) is 71.5 Å². The van der Waals surface area contributed by atoms with Crippen molar-refractivity contribution in [3.63, 3.8) is 0 Å². The molecule has 3 heterocycles. The Bertz CT molecular complexity index is 1080. The van der Waals surface area contributed by atoms with E-state index in [1.54, 1.807) is 0 Å². The van der Waals surface area contributed by atoms with E-state index >= 15 is 0 Å². The van der Waals surface area contributed by atoms with Gasteiger partial charge in [-0.1, -0.05) is 37.1 Å². The molecule has 1 N–H and O–H groups in total. The maximum atomic E-state index is 11.8. The Labute approximate surface area is 204 Å². The van der Waals surface area contributed by atoms with E-state index in [0.717, 1.165) is 44.6 Å². The molecule has 0 bridgehead atoms. The Morgan fingerprint density at radius 3 is 2.59 bits per heavy atom. The van der Waals surface area contributed by atoms with E-state index in [1.807, 2.05) is 18.3 Å². The molecule has 1 aliphatic carbocycles. The third-order valence-corrected chi connectivity index (χ3v) is 9.76. The summed E-state index contributed by atoms with van der Waals surface area (Å²) in [7, 11) is -2.97. The number of ether oxygens (including phenoxy) is 1. The summed E-state index contributed by atoms with van der Waals surface area (Å²) in [6.07, 6.45) is 11.3. The highest BCUT2D eigenvalue weighted by Crippen LogP contribution is 2.49. The Balaban J connectivity index is 1.24. The molecule has 7 heteroatoms. The van der Waals surface area contributed by atoms with Gasteiger partial charge in [0.05, 0.1) is 10.9 Å². The first-order valence-electron chi connectivity index (χ1n) is 12.7. The van der Waals surface area contributed by atoms with E-state index in [4.69, 9.17) is 9.72 Å². The van der Waals surface area contributed by atoms with Crippen LogP contribution in [0.5, 0.6) is 0 Å². The number of anilines is 1. The molecule has 0 radical (unpaired) electrons. The average Bonchev–Trinajstić information content (AvgIpc) is 3.23. The minimum Gasteiger partial charge on any atom is -0.375 e. The van der Waals surface area contributed by atoms with Crippen molar-refractivity contribution in [3.8, 4) is 0 Å². The molecule has 1 aromatic heterocycles. The molecule has 1 aromatic carbocycles. The number of sulfone groups is 1. The first-order chi connectivity index (χ1) is 16.4. The zero-order chi connectivity index (χ0) is 23.7. The predicted octanol–water partition coefficient (Wildman–Crippen LogP) is 3.86. The van der Waals surface area contributed by atoms with Gasteiger partial charge in [0.15, 0.2) is 9.84 Å². The van der Waals surface area contributed by atoms with Crippen molar-refractivity contribution in [2.45, 2.75) is 67.8 Å². The van der Waals surface area contributed by atoms with Crippen LogP contribution in [0.15, 0.2) is 48.7 Å². The van der Waals surface area contributed by atoms with Gasteiger partial charge in [-0.2, -0.15) is 0 Å². The monoisotopic (exact) mass is 483 g/mol. The summed E-state index contributed by atoms with van der Waals surface area (Å²) < 4.78 is 30.0. The van der Waals surface area contributed by atoms with Gasteiger partial charge in [0.25, 0.3) is 0 Å². The zero-order valence-corrected chi connectivity index (χ0v) is 21.0. The maximum absolute atomic E-state index is 11.8. The molecule has 2 aromatic rings. The van der Waals surface area contributed by atoms with E-state index in [1.165, 1.54) is 43.2 Å². The third kappa shape index (κ3) is 4.88. The SMILES string of the molecule is CS(=O)(=O)C1CN(c2ccccc2CNCCC2(c3ccccn3)CCOC3(CCCC3)C2)C1. The molecule has 34 heavy (non-hydrogen) atoms. The van der Waals surface area contributed by atoms with Gasteiger partial charge in [-0.05, 0) is 62.4 Å². The smallest absolute Gasteiger partial charge is 0.153 e. The average molecular weight is 484 g/mol. The number of nitrogens with zero attached hydrogens (tertiary/aromatic N) is 2. The van der Waals surface area contributed by atoms with Crippen molar-refractivity contribution >= 4 is 15.5 Å². The number of benzene rings is 1. The fourth-order valence-electron chi connectivity index (χ4n) is 6.22. The number of pyridine rings is 1. The standard InChI is InChI=1S/C27H37N3O3S/c1-34(31,32)23-19-30(20-23)24-9-3-2-8-22(24)18-28-16-13-26(25-10-4-7-15-29-25)14-17-33-27(21-26)11-5-6-12-27/h2-4,7-10,15,23,28H,5-6,11-14,16-21H2,1H3. The second kappa shape index (κ2) is 9.59. The molecule has 1 saturated carbocycles. The van der Waals surface area contributed by atoms with Crippen LogP contribution in [0.25, 0.3) is 0 Å². The van der Waals surface area contributed by atoms with Gasteiger partial charge in [-0.15, -0.1) is 0 Å². The first kappa shape index (κ1) is 23.8. The molecule has 3 aliphatic rings. The molecule has 5 rings (SSSR count). The Morgan fingerprint density at radius 2 is 1.85 bits per heavy atom. The molecular formula is C27H37N3O3S. The van der Waals surface area contributed by atoms with E-state index in [-0.39, 0.29) is 16.3 Å². The lowest BCUT2D eigenvalue weighted by atomic mass is 9.68. The van der Waals surface area contributed by atoms with Crippen molar-refractivity contribution < 1.29 is 13.2 Å². The molecular weight excluding hydrogens is 446 g/mol. The van der Waals surface area contributed by atoms with Gasteiger partial charge in [0.1, 0.15) is 0 Å². The lowest BCUT2D eigenvalue weighted by Crippen LogP contribution is -2.54. The van der Waals surface area contributed by atoms with Gasteiger partial charge in [-0.3, -0.25) is 4.98 Å². The summed E-state index contributed by atoms with van der Waals surface area (Å²) >= 11 is 0. The summed E-state index contributed by atoms with van der Waals surface area (Å²) in [6, 6.07) is 14.7. The quantitative estimate of drug-likeness (QED) is 0.575. The number of hydrogen-bond donors (Lipinski definition) is 1. The number of nitrogens with one attached hydrogen (secondary N) is 1. The number of para-hydroxylation sites is 1. The van der Waals surface area contributed by atoms with Gasteiger partial charge < -0.3 is 15.0 Å². The van der Waals surface area contributed by atoms with Crippen LogP contribution in [0.4, 0.5) is 5.69 Å². The molecule has 6 nitrogen and oxygen atoms in total. The van der Waals surface area contributed by atoms with Crippen LogP contribution in [0.1, 0.15) is 56.2 Å². The van der Waals surface area contributed by atoms with Crippen molar-refractivity contribution in [3.05, 3.63) is 59.9 Å². The number of hydrogen-bond acceptors (Lipinski definition) is 6. The van der Waals surface area contributed by atoms with Gasteiger partial charge in [0.2, 0.25) is 0 Å².